The Labute approximate surface area is 154 Å². The Morgan fingerprint density at radius 3 is 2.73 bits per heavy atom. The highest BCUT2D eigenvalue weighted by Crippen LogP contribution is 2.15. The molecule has 0 radical (unpaired) electrons. The average Bonchev–Trinajstić information content (AvgIpc) is 2.89. The zero-order valence-corrected chi connectivity index (χ0v) is 15.2. The predicted octanol–water partition coefficient (Wildman–Crippen LogP) is 3.32. The highest BCUT2D eigenvalue weighted by atomic mass is 19.1. The molecular weight excluding hydrogens is 331 g/mol. The van der Waals surface area contributed by atoms with Crippen LogP contribution in [0.4, 0.5) is 4.39 Å². The van der Waals surface area contributed by atoms with Crippen LogP contribution in [0.1, 0.15) is 27.9 Å². The lowest BCUT2D eigenvalue weighted by Gasteiger charge is -2.22. The van der Waals surface area contributed by atoms with Gasteiger partial charge in [0.2, 0.25) is 0 Å². The van der Waals surface area contributed by atoms with Gasteiger partial charge in [-0.1, -0.05) is 30.3 Å². The molecule has 1 aliphatic rings. The van der Waals surface area contributed by atoms with E-state index >= 15 is 0 Å². The lowest BCUT2D eigenvalue weighted by Crippen LogP contribution is -2.35. The van der Waals surface area contributed by atoms with Crippen molar-refractivity contribution >= 4 is 5.91 Å². The summed E-state index contributed by atoms with van der Waals surface area (Å²) in [5, 5.41) is 0. The van der Waals surface area contributed by atoms with Crippen LogP contribution in [0.25, 0.3) is 0 Å². The monoisotopic (exact) mass is 356 g/mol. The summed E-state index contributed by atoms with van der Waals surface area (Å²) in [6, 6.07) is 14.5. The van der Waals surface area contributed by atoms with Crippen LogP contribution in [-0.2, 0) is 17.9 Å². The van der Waals surface area contributed by atoms with E-state index in [1.165, 1.54) is 6.07 Å². The number of benzene rings is 2. The van der Waals surface area contributed by atoms with E-state index in [1.54, 1.807) is 13.2 Å². The van der Waals surface area contributed by atoms with Crippen molar-refractivity contribution in [3.63, 3.8) is 0 Å². The fourth-order valence-electron chi connectivity index (χ4n) is 3.34. The fraction of sp³-hybridized carbons (Fsp3) is 0.381. The molecule has 5 heteroatoms. The van der Waals surface area contributed by atoms with Gasteiger partial charge >= 0.3 is 0 Å². The summed E-state index contributed by atoms with van der Waals surface area (Å²) < 4.78 is 19.0. The zero-order chi connectivity index (χ0) is 18.4. The van der Waals surface area contributed by atoms with Gasteiger partial charge in [-0.05, 0) is 30.2 Å². The van der Waals surface area contributed by atoms with E-state index in [-0.39, 0.29) is 11.7 Å². The minimum absolute atomic E-state index is 0.0516. The fourth-order valence-corrected chi connectivity index (χ4v) is 3.34. The molecule has 2 aromatic carbocycles. The number of methoxy groups -OCH3 is 1. The minimum atomic E-state index is -0.167. The van der Waals surface area contributed by atoms with E-state index in [0.29, 0.717) is 30.8 Å². The van der Waals surface area contributed by atoms with Gasteiger partial charge < -0.3 is 9.64 Å². The number of hydrogen-bond donors (Lipinski definition) is 0. The molecule has 3 rings (SSSR count). The van der Waals surface area contributed by atoms with Gasteiger partial charge in [-0.15, -0.1) is 0 Å². The van der Waals surface area contributed by atoms with E-state index in [1.807, 2.05) is 41.3 Å². The Bertz CT molecular complexity index is 750. The molecule has 138 valence electrons. The molecule has 1 fully saturated rings. The van der Waals surface area contributed by atoms with Crippen molar-refractivity contribution in [2.24, 2.45) is 0 Å². The number of carbonyl (C=O) groups is 1. The van der Waals surface area contributed by atoms with Crippen molar-refractivity contribution in [1.29, 1.82) is 0 Å². The van der Waals surface area contributed by atoms with Crippen LogP contribution >= 0.6 is 0 Å². The molecule has 0 N–H and O–H groups in total. The van der Waals surface area contributed by atoms with Gasteiger partial charge in [-0.2, -0.15) is 0 Å². The summed E-state index contributed by atoms with van der Waals surface area (Å²) in [5.41, 5.74) is 2.40. The van der Waals surface area contributed by atoms with E-state index in [0.717, 1.165) is 31.6 Å². The molecule has 1 heterocycles. The molecule has 0 atom stereocenters. The Morgan fingerprint density at radius 1 is 1.08 bits per heavy atom. The molecule has 0 bridgehead atoms. The first-order valence-corrected chi connectivity index (χ1v) is 9.00. The summed E-state index contributed by atoms with van der Waals surface area (Å²) in [6.07, 6.45) is 0.887. The van der Waals surface area contributed by atoms with Crippen LogP contribution in [0.5, 0.6) is 0 Å². The first-order valence-electron chi connectivity index (χ1n) is 9.00. The Kier molecular flexibility index (Phi) is 6.36. The third kappa shape index (κ3) is 4.68. The van der Waals surface area contributed by atoms with Gasteiger partial charge in [0.05, 0.1) is 6.61 Å². The van der Waals surface area contributed by atoms with Gasteiger partial charge in [-0.25, -0.2) is 4.39 Å². The molecule has 1 saturated heterocycles. The van der Waals surface area contributed by atoms with Crippen LogP contribution < -0.4 is 0 Å². The third-order valence-corrected chi connectivity index (χ3v) is 4.71. The Balaban J connectivity index is 1.62. The van der Waals surface area contributed by atoms with Crippen LogP contribution in [0.2, 0.25) is 0 Å². The highest BCUT2D eigenvalue weighted by molar-refractivity contribution is 5.94. The molecule has 0 aromatic heterocycles. The minimum Gasteiger partial charge on any atom is -0.380 e. The number of amides is 1. The van der Waals surface area contributed by atoms with Crippen LogP contribution in [-0.4, -0.2) is 49.0 Å². The molecular formula is C21H25FN2O2. The maximum atomic E-state index is 13.9. The van der Waals surface area contributed by atoms with Gasteiger partial charge in [0.1, 0.15) is 5.82 Å². The smallest absolute Gasteiger partial charge is 0.253 e. The number of rotatable bonds is 5. The summed E-state index contributed by atoms with van der Waals surface area (Å²) >= 11 is 0. The van der Waals surface area contributed by atoms with E-state index in [9.17, 15) is 9.18 Å². The molecule has 0 unspecified atom stereocenters. The molecule has 26 heavy (non-hydrogen) atoms. The van der Waals surface area contributed by atoms with E-state index in [2.05, 4.69) is 4.90 Å². The zero-order valence-electron chi connectivity index (χ0n) is 15.2. The first kappa shape index (κ1) is 18.5. The lowest BCUT2D eigenvalue weighted by molar-refractivity contribution is 0.0760. The van der Waals surface area contributed by atoms with Crippen molar-refractivity contribution in [3.8, 4) is 0 Å². The molecule has 4 nitrogen and oxygen atoms in total. The second-order valence-corrected chi connectivity index (χ2v) is 6.65. The quantitative estimate of drug-likeness (QED) is 0.824. The van der Waals surface area contributed by atoms with Gasteiger partial charge in [-0.3, -0.25) is 9.69 Å². The highest BCUT2D eigenvalue weighted by Gasteiger charge is 2.21. The maximum absolute atomic E-state index is 13.9. The SMILES string of the molecule is COCc1cccc(C(=O)N2CCCN(Cc3ccccc3F)CC2)c1. The van der Waals surface area contributed by atoms with Gasteiger partial charge in [0.15, 0.2) is 0 Å². The predicted molar refractivity (Wildman–Crippen MR) is 99.4 cm³/mol. The van der Waals surface area contributed by atoms with Crippen molar-refractivity contribution in [1.82, 2.24) is 9.80 Å². The Hall–Kier alpha value is -2.24. The third-order valence-electron chi connectivity index (χ3n) is 4.71. The number of hydrogen-bond acceptors (Lipinski definition) is 3. The molecule has 1 aliphatic heterocycles. The summed E-state index contributed by atoms with van der Waals surface area (Å²) in [7, 11) is 1.65. The van der Waals surface area contributed by atoms with Crippen LogP contribution in [0, 0.1) is 5.82 Å². The van der Waals surface area contributed by atoms with Gasteiger partial charge in [0, 0.05) is 51.0 Å². The summed E-state index contributed by atoms with van der Waals surface area (Å²) in [4.78, 5) is 16.9. The van der Waals surface area contributed by atoms with Crippen LogP contribution in [0.3, 0.4) is 0 Å². The van der Waals surface area contributed by atoms with Crippen LogP contribution in [0.15, 0.2) is 48.5 Å². The largest absolute Gasteiger partial charge is 0.380 e. The summed E-state index contributed by atoms with van der Waals surface area (Å²) in [6.45, 7) is 4.07. The van der Waals surface area contributed by atoms with Crippen molar-refractivity contribution in [3.05, 3.63) is 71.0 Å². The first-order chi connectivity index (χ1) is 12.7. The number of nitrogens with zero attached hydrogens (tertiary/aromatic N) is 2. The lowest BCUT2D eigenvalue weighted by atomic mass is 10.1. The summed E-state index contributed by atoms with van der Waals surface area (Å²) in [5.74, 6) is -0.115. The van der Waals surface area contributed by atoms with E-state index in [4.69, 9.17) is 4.74 Å². The van der Waals surface area contributed by atoms with Crippen molar-refractivity contribution in [2.75, 3.05) is 33.3 Å². The molecule has 0 saturated carbocycles. The average molecular weight is 356 g/mol. The molecule has 0 spiro atoms. The van der Waals surface area contributed by atoms with Crippen molar-refractivity contribution in [2.45, 2.75) is 19.6 Å². The Morgan fingerprint density at radius 2 is 1.92 bits per heavy atom. The van der Waals surface area contributed by atoms with E-state index < -0.39 is 0 Å². The number of carbonyl (C=O) groups excluding carboxylic acids is 1. The molecule has 0 aliphatic carbocycles. The molecule has 1 amide bonds. The van der Waals surface area contributed by atoms with Crippen molar-refractivity contribution < 1.29 is 13.9 Å². The standard InChI is InChI=1S/C21H25FN2O2/c1-26-16-17-6-4-8-18(14-17)21(25)24-11-5-10-23(12-13-24)15-19-7-2-3-9-20(19)22/h2-4,6-9,14H,5,10-13,15-16H2,1H3. The topological polar surface area (TPSA) is 32.8 Å². The van der Waals surface area contributed by atoms with Gasteiger partial charge in [0.25, 0.3) is 5.91 Å². The number of halogens is 1. The normalized spacial score (nSPS) is 15.7. The number of ether oxygens (including phenoxy) is 1. The molecule has 2 aromatic rings. The second-order valence-electron chi connectivity index (χ2n) is 6.65. The second kappa shape index (κ2) is 8.92. The maximum Gasteiger partial charge on any atom is 0.253 e.